The second-order valence-electron chi connectivity index (χ2n) is 8.30. The molecule has 0 atom stereocenters. The maximum absolute atomic E-state index is 12.9. The van der Waals surface area contributed by atoms with Gasteiger partial charge >= 0.3 is 6.18 Å². The minimum absolute atomic E-state index is 0.0201. The monoisotopic (exact) mass is 373 g/mol. The number of anilines is 1. The predicted molar refractivity (Wildman–Crippen MR) is 94.1 cm³/mol. The molecule has 0 unspecified atom stereocenters. The van der Waals surface area contributed by atoms with Gasteiger partial charge in [-0.1, -0.05) is 47.6 Å². The van der Waals surface area contributed by atoms with E-state index in [0.717, 1.165) is 4.90 Å². The molecule has 1 aromatic carbocycles. The lowest BCUT2D eigenvalue weighted by molar-refractivity contribution is -0.153. The summed E-state index contributed by atoms with van der Waals surface area (Å²) in [6.07, 6.45) is -4.48. The van der Waals surface area contributed by atoms with Crippen LogP contribution in [-0.4, -0.2) is 24.6 Å². The van der Waals surface area contributed by atoms with Crippen LogP contribution in [0.25, 0.3) is 0 Å². The highest BCUT2D eigenvalue weighted by Gasteiger charge is 2.38. The zero-order valence-electron chi connectivity index (χ0n) is 16.2. The van der Waals surface area contributed by atoms with Crippen LogP contribution in [0.5, 0.6) is 5.75 Å². The number of imide groups is 1. The zero-order chi connectivity index (χ0) is 20.5. The van der Waals surface area contributed by atoms with Crippen LogP contribution >= 0.6 is 0 Å². The molecule has 0 aliphatic rings. The van der Waals surface area contributed by atoms with Crippen molar-refractivity contribution in [3.8, 4) is 5.75 Å². The van der Waals surface area contributed by atoms with E-state index in [1.54, 1.807) is 48.5 Å². The molecule has 0 saturated carbocycles. The van der Waals surface area contributed by atoms with Gasteiger partial charge < -0.3 is 4.74 Å². The first-order valence-electron chi connectivity index (χ1n) is 8.23. The van der Waals surface area contributed by atoms with Gasteiger partial charge in [-0.15, -0.1) is 0 Å². The van der Waals surface area contributed by atoms with Crippen molar-refractivity contribution < 1.29 is 27.5 Å². The summed E-state index contributed by atoms with van der Waals surface area (Å²) in [4.78, 5) is 26.7. The van der Waals surface area contributed by atoms with Crippen LogP contribution in [-0.2, 0) is 9.59 Å². The standard InChI is InChI=1S/C19H26F3NO3/c1-12-8-9-13(10-14(12)26-11-19(20,21)22)23(15(24)17(2,3)4)16(25)18(5,6)7/h8-10H,11H2,1-7H3. The van der Waals surface area contributed by atoms with Crippen molar-refractivity contribution in [2.45, 2.75) is 54.6 Å². The van der Waals surface area contributed by atoms with E-state index in [2.05, 4.69) is 0 Å². The molecule has 0 spiro atoms. The molecule has 146 valence electrons. The SMILES string of the molecule is Cc1ccc(N(C(=O)C(C)(C)C)C(=O)C(C)(C)C)cc1OCC(F)(F)F. The van der Waals surface area contributed by atoms with Crippen LogP contribution in [0.2, 0.25) is 0 Å². The Morgan fingerprint density at radius 1 is 0.962 bits per heavy atom. The molecule has 0 bridgehead atoms. The molecule has 0 aliphatic heterocycles. The number of hydrogen-bond donors (Lipinski definition) is 0. The third-order valence-corrected chi connectivity index (χ3v) is 3.51. The minimum Gasteiger partial charge on any atom is -0.484 e. The number of alkyl halides is 3. The van der Waals surface area contributed by atoms with Gasteiger partial charge in [-0.05, 0) is 18.6 Å². The number of amides is 2. The number of hydrogen-bond acceptors (Lipinski definition) is 3. The lowest BCUT2D eigenvalue weighted by atomic mass is 9.90. The van der Waals surface area contributed by atoms with Gasteiger partial charge in [0.2, 0.25) is 11.8 Å². The molecule has 26 heavy (non-hydrogen) atoms. The van der Waals surface area contributed by atoms with Crippen molar-refractivity contribution in [1.29, 1.82) is 0 Å². The maximum atomic E-state index is 12.9. The van der Waals surface area contributed by atoms with E-state index in [-0.39, 0.29) is 11.4 Å². The first-order chi connectivity index (χ1) is 11.5. The summed E-state index contributed by atoms with van der Waals surface area (Å²) in [6, 6.07) is 4.36. The summed E-state index contributed by atoms with van der Waals surface area (Å²) in [5.41, 5.74) is -1.03. The largest absolute Gasteiger partial charge is 0.484 e. The molecule has 0 saturated heterocycles. The molecule has 0 N–H and O–H groups in total. The lowest BCUT2D eigenvalue weighted by Crippen LogP contribution is -2.48. The first-order valence-corrected chi connectivity index (χ1v) is 8.23. The van der Waals surface area contributed by atoms with Crippen LogP contribution in [0, 0.1) is 17.8 Å². The topological polar surface area (TPSA) is 46.6 Å². The summed E-state index contributed by atoms with van der Waals surface area (Å²) in [5.74, 6) is -0.903. The molecule has 1 rings (SSSR count). The van der Waals surface area contributed by atoms with E-state index in [9.17, 15) is 22.8 Å². The smallest absolute Gasteiger partial charge is 0.422 e. The normalized spacial score (nSPS) is 12.7. The quantitative estimate of drug-likeness (QED) is 0.758. The van der Waals surface area contributed by atoms with Gasteiger partial charge in [-0.25, -0.2) is 4.90 Å². The van der Waals surface area contributed by atoms with Crippen molar-refractivity contribution in [1.82, 2.24) is 0 Å². The summed E-state index contributed by atoms with van der Waals surface area (Å²) in [6.45, 7) is 10.2. The van der Waals surface area contributed by atoms with E-state index in [0.29, 0.717) is 5.56 Å². The average Bonchev–Trinajstić information content (AvgIpc) is 2.44. The molecule has 4 nitrogen and oxygen atoms in total. The van der Waals surface area contributed by atoms with Crippen LogP contribution in [0.1, 0.15) is 47.1 Å². The number of ether oxygens (including phenoxy) is 1. The molecule has 0 aliphatic carbocycles. The summed E-state index contributed by atoms with van der Waals surface area (Å²) in [5, 5.41) is 0. The molecule has 0 radical (unpaired) electrons. The Labute approximate surface area is 152 Å². The van der Waals surface area contributed by atoms with E-state index < -0.39 is 35.4 Å². The van der Waals surface area contributed by atoms with Crippen LogP contribution in [0.4, 0.5) is 18.9 Å². The Morgan fingerprint density at radius 2 is 1.42 bits per heavy atom. The van der Waals surface area contributed by atoms with Gasteiger partial charge in [0.25, 0.3) is 0 Å². The molecule has 7 heteroatoms. The Bertz CT molecular complexity index is 657. The number of halogens is 3. The van der Waals surface area contributed by atoms with Gasteiger partial charge in [-0.3, -0.25) is 9.59 Å². The van der Waals surface area contributed by atoms with Gasteiger partial charge in [0.05, 0.1) is 5.69 Å². The number of benzene rings is 1. The van der Waals surface area contributed by atoms with Crippen molar-refractivity contribution in [3.05, 3.63) is 23.8 Å². The Balaban J connectivity index is 3.39. The maximum Gasteiger partial charge on any atom is 0.422 e. The molecule has 0 aromatic heterocycles. The molecular weight excluding hydrogens is 347 g/mol. The number of carbonyl (C=O) groups excluding carboxylic acids is 2. The number of aryl methyl sites for hydroxylation is 1. The van der Waals surface area contributed by atoms with E-state index >= 15 is 0 Å². The lowest BCUT2D eigenvalue weighted by Gasteiger charge is -2.32. The van der Waals surface area contributed by atoms with Gasteiger partial charge in [0.1, 0.15) is 5.75 Å². The fraction of sp³-hybridized carbons (Fsp3) is 0.579. The second-order valence-corrected chi connectivity index (χ2v) is 8.30. The van der Waals surface area contributed by atoms with Gasteiger partial charge in [0, 0.05) is 16.9 Å². The van der Waals surface area contributed by atoms with Gasteiger partial charge in [0.15, 0.2) is 6.61 Å². The van der Waals surface area contributed by atoms with Crippen LogP contribution < -0.4 is 9.64 Å². The third kappa shape index (κ3) is 5.75. The number of carbonyl (C=O) groups is 2. The van der Waals surface area contributed by atoms with Crippen molar-refractivity contribution in [2.75, 3.05) is 11.5 Å². The van der Waals surface area contributed by atoms with Gasteiger partial charge in [-0.2, -0.15) is 13.2 Å². The van der Waals surface area contributed by atoms with Crippen LogP contribution in [0.3, 0.4) is 0 Å². The average molecular weight is 373 g/mol. The Morgan fingerprint density at radius 3 is 1.81 bits per heavy atom. The Hall–Kier alpha value is -2.05. The molecule has 2 amide bonds. The highest BCUT2D eigenvalue weighted by molar-refractivity contribution is 6.17. The van der Waals surface area contributed by atoms with E-state index in [1.165, 1.54) is 18.2 Å². The molecule has 0 fully saturated rings. The predicted octanol–water partition coefficient (Wildman–Crippen LogP) is 4.89. The van der Waals surface area contributed by atoms with Crippen molar-refractivity contribution in [3.63, 3.8) is 0 Å². The highest BCUT2D eigenvalue weighted by Crippen LogP contribution is 2.32. The zero-order valence-corrected chi connectivity index (χ0v) is 16.2. The van der Waals surface area contributed by atoms with Crippen molar-refractivity contribution in [2.24, 2.45) is 10.8 Å². The highest BCUT2D eigenvalue weighted by atomic mass is 19.4. The fourth-order valence-electron chi connectivity index (χ4n) is 2.04. The number of nitrogens with zero attached hydrogens (tertiary/aromatic N) is 1. The summed E-state index contributed by atoms with van der Waals surface area (Å²) in [7, 11) is 0. The van der Waals surface area contributed by atoms with E-state index in [1.807, 2.05) is 0 Å². The second kappa shape index (κ2) is 7.29. The summed E-state index contributed by atoms with van der Waals surface area (Å²) < 4.78 is 42.2. The first kappa shape index (κ1) is 22.0. The van der Waals surface area contributed by atoms with Crippen molar-refractivity contribution >= 4 is 17.5 Å². The molecule has 1 aromatic rings. The fourth-order valence-corrected chi connectivity index (χ4v) is 2.04. The summed E-state index contributed by atoms with van der Waals surface area (Å²) >= 11 is 0. The van der Waals surface area contributed by atoms with Crippen LogP contribution in [0.15, 0.2) is 18.2 Å². The molecule has 0 heterocycles. The number of rotatable bonds is 3. The minimum atomic E-state index is -4.48. The van der Waals surface area contributed by atoms with E-state index in [4.69, 9.17) is 4.74 Å². The Kier molecular flexibility index (Phi) is 6.16. The third-order valence-electron chi connectivity index (χ3n) is 3.51. The molecular formula is C19H26F3NO3.